The van der Waals surface area contributed by atoms with E-state index in [1.807, 2.05) is 6.07 Å². The summed E-state index contributed by atoms with van der Waals surface area (Å²) in [7, 11) is 0. The molecule has 1 rings (SSSR count). The number of alkyl halides is 1. The van der Waals surface area contributed by atoms with Crippen molar-refractivity contribution in [2.45, 2.75) is 25.2 Å². The summed E-state index contributed by atoms with van der Waals surface area (Å²) in [4.78, 5) is 0. The van der Waals surface area contributed by atoms with Gasteiger partial charge in [-0.25, -0.2) is 0 Å². The lowest BCUT2D eigenvalue weighted by atomic mass is 9.92. The largest absolute Gasteiger partial charge is 0.396 e. The molecule has 0 aromatic heterocycles. The fourth-order valence-electron chi connectivity index (χ4n) is 1.67. The van der Waals surface area contributed by atoms with Gasteiger partial charge in [-0.15, -0.1) is 11.6 Å². The van der Waals surface area contributed by atoms with Gasteiger partial charge in [0.15, 0.2) is 0 Å². The number of aliphatic hydroxyl groups excluding tert-OH is 1. The van der Waals surface area contributed by atoms with E-state index in [4.69, 9.17) is 16.7 Å². The molecule has 1 atom stereocenters. The van der Waals surface area contributed by atoms with E-state index < -0.39 is 0 Å². The first-order valence-corrected chi connectivity index (χ1v) is 5.63. The molecule has 78 valence electrons. The molecule has 0 heterocycles. The fraction of sp³-hybridized carbons (Fsp3) is 0.500. The lowest BCUT2D eigenvalue weighted by Crippen LogP contribution is -2.01. The molecule has 1 N–H and O–H groups in total. The third-order valence-electron chi connectivity index (χ3n) is 2.44. The highest BCUT2D eigenvalue weighted by molar-refractivity contribution is 6.17. The van der Waals surface area contributed by atoms with E-state index in [0.29, 0.717) is 11.8 Å². The average Bonchev–Trinajstić information content (AvgIpc) is 2.25. The van der Waals surface area contributed by atoms with Gasteiger partial charge >= 0.3 is 0 Å². The van der Waals surface area contributed by atoms with Gasteiger partial charge in [-0.05, 0) is 30.7 Å². The van der Waals surface area contributed by atoms with Crippen molar-refractivity contribution in [2.24, 2.45) is 0 Å². The molecule has 1 aromatic carbocycles. The van der Waals surface area contributed by atoms with Gasteiger partial charge < -0.3 is 5.11 Å². The molecule has 2 heteroatoms. The summed E-state index contributed by atoms with van der Waals surface area (Å²) in [6.07, 6.45) is 2.87. The summed E-state index contributed by atoms with van der Waals surface area (Å²) >= 11 is 5.76. The van der Waals surface area contributed by atoms with Crippen molar-refractivity contribution < 1.29 is 5.11 Å². The van der Waals surface area contributed by atoms with Crippen molar-refractivity contribution in [3.8, 4) is 0 Å². The van der Waals surface area contributed by atoms with Crippen LogP contribution in [0.5, 0.6) is 0 Å². The van der Waals surface area contributed by atoms with Crippen LogP contribution in [0, 0.1) is 0 Å². The molecule has 14 heavy (non-hydrogen) atoms. The van der Waals surface area contributed by atoms with E-state index in [9.17, 15) is 0 Å². The number of hydrogen-bond donors (Lipinski definition) is 1. The Morgan fingerprint density at radius 1 is 1.14 bits per heavy atom. The normalized spacial score (nSPS) is 12.7. The second-order valence-electron chi connectivity index (χ2n) is 3.45. The summed E-state index contributed by atoms with van der Waals surface area (Å²) in [5, 5.41) is 8.80. The molecule has 0 amide bonds. The second-order valence-corrected chi connectivity index (χ2v) is 3.83. The Labute approximate surface area is 90.7 Å². The highest BCUT2D eigenvalue weighted by atomic mass is 35.5. The Morgan fingerprint density at radius 2 is 1.86 bits per heavy atom. The first-order chi connectivity index (χ1) is 6.88. The minimum Gasteiger partial charge on any atom is -0.396 e. The van der Waals surface area contributed by atoms with Gasteiger partial charge in [-0.3, -0.25) is 0 Å². The average molecular weight is 213 g/mol. The van der Waals surface area contributed by atoms with Crippen LogP contribution in [0.1, 0.15) is 30.7 Å². The number of rotatable bonds is 6. The topological polar surface area (TPSA) is 20.2 Å². The lowest BCUT2D eigenvalue weighted by molar-refractivity contribution is 0.279. The minimum atomic E-state index is 0.269. The quantitative estimate of drug-likeness (QED) is 0.719. The molecule has 0 saturated heterocycles. The molecule has 0 aliphatic carbocycles. The smallest absolute Gasteiger partial charge is 0.0431 e. The summed E-state index contributed by atoms with van der Waals surface area (Å²) in [5.41, 5.74) is 1.33. The Balaban J connectivity index is 2.58. The maximum Gasteiger partial charge on any atom is 0.0431 e. The van der Waals surface area contributed by atoms with Crippen molar-refractivity contribution >= 4 is 11.6 Å². The molecule has 0 radical (unpaired) electrons. The molecule has 0 aliphatic heterocycles. The van der Waals surface area contributed by atoms with Crippen LogP contribution in [-0.2, 0) is 0 Å². The minimum absolute atomic E-state index is 0.269. The van der Waals surface area contributed by atoms with Crippen LogP contribution in [-0.4, -0.2) is 17.6 Å². The van der Waals surface area contributed by atoms with E-state index in [1.165, 1.54) is 5.56 Å². The Kier molecular flexibility index (Phi) is 5.65. The zero-order valence-corrected chi connectivity index (χ0v) is 9.08. The van der Waals surface area contributed by atoms with Crippen LogP contribution in [0.25, 0.3) is 0 Å². The summed E-state index contributed by atoms with van der Waals surface area (Å²) in [6.45, 7) is 0.269. The lowest BCUT2D eigenvalue weighted by Gasteiger charge is -2.15. The maximum absolute atomic E-state index is 8.80. The van der Waals surface area contributed by atoms with Crippen LogP contribution < -0.4 is 0 Å². The van der Waals surface area contributed by atoms with E-state index in [-0.39, 0.29) is 6.61 Å². The molecule has 0 aliphatic rings. The van der Waals surface area contributed by atoms with Gasteiger partial charge in [0.05, 0.1) is 0 Å². The SMILES string of the molecule is OCCCC(CCCl)c1ccccc1. The Hall–Kier alpha value is -0.530. The number of benzene rings is 1. The predicted octanol–water partition coefficient (Wildman–Crippen LogP) is 3.17. The third-order valence-corrected chi connectivity index (χ3v) is 2.66. The standard InChI is InChI=1S/C12H17ClO/c13-9-8-12(7-4-10-14)11-5-2-1-3-6-11/h1-3,5-6,12,14H,4,7-10H2. The Morgan fingerprint density at radius 3 is 2.43 bits per heavy atom. The predicted molar refractivity (Wildman–Crippen MR) is 60.8 cm³/mol. The van der Waals surface area contributed by atoms with Gasteiger partial charge in [-0.2, -0.15) is 0 Å². The van der Waals surface area contributed by atoms with Crippen molar-refractivity contribution in [2.75, 3.05) is 12.5 Å². The first kappa shape index (κ1) is 11.5. The number of hydrogen-bond acceptors (Lipinski definition) is 1. The molecule has 0 saturated carbocycles. The van der Waals surface area contributed by atoms with Crippen molar-refractivity contribution in [1.29, 1.82) is 0 Å². The Bertz CT molecular complexity index is 235. The molecular formula is C12H17ClO. The molecule has 1 nitrogen and oxygen atoms in total. The fourth-order valence-corrected chi connectivity index (χ4v) is 1.94. The maximum atomic E-state index is 8.80. The van der Waals surface area contributed by atoms with Gasteiger partial charge in [0.2, 0.25) is 0 Å². The van der Waals surface area contributed by atoms with Crippen molar-refractivity contribution in [3.63, 3.8) is 0 Å². The molecule has 0 bridgehead atoms. The van der Waals surface area contributed by atoms with Crippen LogP contribution in [0.15, 0.2) is 30.3 Å². The van der Waals surface area contributed by atoms with Crippen LogP contribution >= 0.6 is 11.6 Å². The van der Waals surface area contributed by atoms with E-state index in [0.717, 1.165) is 19.3 Å². The van der Waals surface area contributed by atoms with Crippen LogP contribution in [0.2, 0.25) is 0 Å². The van der Waals surface area contributed by atoms with Gasteiger partial charge in [0, 0.05) is 12.5 Å². The van der Waals surface area contributed by atoms with Gasteiger partial charge in [0.25, 0.3) is 0 Å². The van der Waals surface area contributed by atoms with Gasteiger partial charge in [-0.1, -0.05) is 30.3 Å². The number of halogens is 1. The van der Waals surface area contributed by atoms with Crippen LogP contribution in [0.3, 0.4) is 0 Å². The second kappa shape index (κ2) is 6.86. The van der Waals surface area contributed by atoms with Gasteiger partial charge in [0.1, 0.15) is 0 Å². The zero-order valence-electron chi connectivity index (χ0n) is 8.32. The molecule has 0 spiro atoms. The summed E-state index contributed by atoms with van der Waals surface area (Å²) in [5.74, 6) is 1.19. The monoisotopic (exact) mass is 212 g/mol. The van der Waals surface area contributed by atoms with Crippen LogP contribution in [0.4, 0.5) is 0 Å². The molecule has 0 fully saturated rings. The first-order valence-electron chi connectivity index (χ1n) is 5.10. The number of aliphatic hydroxyl groups is 1. The third kappa shape index (κ3) is 3.69. The summed E-state index contributed by atoms with van der Waals surface area (Å²) in [6, 6.07) is 10.4. The van der Waals surface area contributed by atoms with Crippen molar-refractivity contribution in [1.82, 2.24) is 0 Å². The van der Waals surface area contributed by atoms with E-state index in [1.54, 1.807) is 0 Å². The highest BCUT2D eigenvalue weighted by Crippen LogP contribution is 2.24. The summed E-state index contributed by atoms with van der Waals surface area (Å²) < 4.78 is 0. The van der Waals surface area contributed by atoms with Crippen molar-refractivity contribution in [3.05, 3.63) is 35.9 Å². The highest BCUT2D eigenvalue weighted by Gasteiger charge is 2.09. The van der Waals surface area contributed by atoms with E-state index in [2.05, 4.69) is 24.3 Å². The molecule has 1 aromatic rings. The molecular weight excluding hydrogens is 196 g/mol. The molecule has 1 unspecified atom stereocenters. The zero-order chi connectivity index (χ0) is 10.2. The van der Waals surface area contributed by atoms with E-state index >= 15 is 0 Å².